The van der Waals surface area contributed by atoms with Crippen LogP contribution in [0.25, 0.3) is 11.1 Å². The molecule has 1 amide bonds. The highest BCUT2D eigenvalue weighted by Crippen LogP contribution is 2.31. The molecule has 30 heavy (non-hydrogen) atoms. The van der Waals surface area contributed by atoms with Gasteiger partial charge in [-0.25, -0.2) is 9.97 Å². The number of nitrogen functional groups attached to an aromatic ring is 1. The number of benzene rings is 1. The van der Waals surface area contributed by atoms with Crippen LogP contribution in [-0.4, -0.2) is 49.9 Å². The fraction of sp³-hybridized carbons (Fsp3) is 0.250. The van der Waals surface area contributed by atoms with Crippen molar-refractivity contribution in [2.45, 2.75) is 20.4 Å². The summed E-state index contributed by atoms with van der Waals surface area (Å²) in [4.78, 5) is 33.6. The minimum atomic E-state index is -0.951. The van der Waals surface area contributed by atoms with E-state index < -0.39 is 5.97 Å². The first-order valence-electron chi connectivity index (χ1n) is 9.28. The van der Waals surface area contributed by atoms with Crippen molar-refractivity contribution < 1.29 is 19.4 Å². The zero-order valence-corrected chi connectivity index (χ0v) is 16.5. The second kappa shape index (κ2) is 7.47. The van der Waals surface area contributed by atoms with Crippen LogP contribution in [0.1, 0.15) is 21.7 Å². The van der Waals surface area contributed by atoms with Gasteiger partial charge in [-0.3, -0.25) is 14.3 Å². The fourth-order valence-corrected chi connectivity index (χ4v) is 3.61. The van der Waals surface area contributed by atoms with Gasteiger partial charge >= 0.3 is 5.97 Å². The number of nitrogens with two attached hydrogens (primary N) is 1. The molecule has 0 aliphatic carbocycles. The summed E-state index contributed by atoms with van der Waals surface area (Å²) in [7, 11) is 0. The summed E-state index contributed by atoms with van der Waals surface area (Å²) in [6.45, 7) is 4.08. The van der Waals surface area contributed by atoms with E-state index in [1.165, 1.54) is 11.0 Å². The van der Waals surface area contributed by atoms with Gasteiger partial charge in [-0.2, -0.15) is 5.10 Å². The van der Waals surface area contributed by atoms with Crippen molar-refractivity contribution in [3.8, 4) is 17.0 Å². The Balaban J connectivity index is 1.66. The van der Waals surface area contributed by atoms with Crippen LogP contribution >= 0.6 is 0 Å². The molecule has 0 bridgehead atoms. The summed E-state index contributed by atoms with van der Waals surface area (Å²) >= 11 is 0. The minimum Gasteiger partial charge on any atom is -0.480 e. The molecule has 0 spiro atoms. The fourth-order valence-electron chi connectivity index (χ4n) is 3.61. The van der Waals surface area contributed by atoms with Crippen LogP contribution in [0, 0.1) is 13.8 Å². The number of aliphatic carboxylic acids is 1. The van der Waals surface area contributed by atoms with Crippen molar-refractivity contribution in [1.82, 2.24) is 19.7 Å². The smallest absolute Gasteiger partial charge is 0.325 e. The van der Waals surface area contributed by atoms with Gasteiger partial charge < -0.3 is 20.5 Å². The van der Waals surface area contributed by atoms with E-state index in [4.69, 9.17) is 15.6 Å². The van der Waals surface area contributed by atoms with Crippen LogP contribution in [0.3, 0.4) is 0 Å². The maximum absolute atomic E-state index is 13.0. The third-order valence-corrected chi connectivity index (χ3v) is 4.99. The van der Waals surface area contributed by atoms with E-state index >= 15 is 0 Å². The van der Waals surface area contributed by atoms with Gasteiger partial charge in [-0.1, -0.05) is 12.1 Å². The second-order valence-electron chi connectivity index (χ2n) is 6.89. The summed E-state index contributed by atoms with van der Waals surface area (Å²) in [6, 6.07) is 7.40. The number of aryl methyl sites for hydroxylation is 1. The lowest BCUT2D eigenvalue weighted by atomic mass is 10.0. The van der Waals surface area contributed by atoms with Crippen LogP contribution in [-0.2, 0) is 11.3 Å². The molecular weight excluding hydrogens is 388 g/mol. The number of carbonyl (C=O) groups excluding carboxylic acids is 1. The van der Waals surface area contributed by atoms with Crippen LogP contribution in [0.2, 0.25) is 0 Å². The van der Waals surface area contributed by atoms with E-state index in [0.29, 0.717) is 12.2 Å². The Morgan fingerprint density at radius 3 is 2.63 bits per heavy atom. The first kappa shape index (κ1) is 19.4. The number of aromatic nitrogens is 4. The molecule has 0 saturated heterocycles. The molecule has 10 heteroatoms. The largest absolute Gasteiger partial charge is 0.480 e. The van der Waals surface area contributed by atoms with Gasteiger partial charge in [-0.05, 0) is 31.5 Å². The summed E-state index contributed by atoms with van der Waals surface area (Å²) < 4.78 is 7.03. The number of fused-ring (bicyclic) bond motifs is 1. The van der Waals surface area contributed by atoms with E-state index in [2.05, 4.69) is 15.1 Å². The molecule has 1 aromatic carbocycles. The number of hydrogen-bond donors (Lipinski definition) is 2. The van der Waals surface area contributed by atoms with Crippen molar-refractivity contribution in [3.05, 3.63) is 47.5 Å². The molecule has 0 atom stereocenters. The quantitative estimate of drug-likeness (QED) is 0.665. The summed E-state index contributed by atoms with van der Waals surface area (Å²) in [5.74, 6) is -1.02. The number of carboxylic acids is 1. The van der Waals surface area contributed by atoms with E-state index in [9.17, 15) is 9.59 Å². The normalized spacial score (nSPS) is 13.5. The first-order chi connectivity index (χ1) is 14.4. The number of anilines is 2. The number of carbonyl (C=O) groups is 2. The summed E-state index contributed by atoms with van der Waals surface area (Å²) in [5.41, 5.74) is 9.97. The average molecular weight is 408 g/mol. The molecule has 2 aromatic heterocycles. The standard InChI is InChI=1S/C20H20N6O4/c1-11-16(12(2)26(24-11)9-15(27)28)13-3-5-14(6-4-13)25-7-8-30-19-17(20(25)29)18(21)22-10-23-19/h3-6,10H,7-9H2,1-2H3,(H,27,28)(H2,21,22,23). The van der Waals surface area contributed by atoms with E-state index in [1.54, 1.807) is 4.90 Å². The summed E-state index contributed by atoms with van der Waals surface area (Å²) in [5, 5.41) is 13.4. The SMILES string of the molecule is Cc1nn(CC(=O)O)c(C)c1-c1ccc(N2CCOc3ncnc(N)c3C2=O)cc1. The van der Waals surface area contributed by atoms with Gasteiger partial charge in [0, 0.05) is 16.9 Å². The molecule has 3 heterocycles. The van der Waals surface area contributed by atoms with Crippen molar-refractivity contribution in [3.63, 3.8) is 0 Å². The number of rotatable bonds is 4. The van der Waals surface area contributed by atoms with Gasteiger partial charge in [-0.15, -0.1) is 0 Å². The third-order valence-electron chi connectivity index (χ3n) is 4.99. The van der Waals surface area contributed by atoms with Gasteiger partial charge in [0.05, 0.1) is 12.2 Å². The van der Waals surface area contributed by atoms with Gasteiger partial charge in [0.15, 0.2) is 0 Å². The van der Waals surface area contributed by atoms with E-state index in [1.807, 2.05) is 38.1 Å². The molecule has 0 unspecified atom stereocenters. The second-order valence-corrected chi connectivity index (χ2v) is 6.89. The Morgan fingerprint density at radius 2 is 1.93 bits per heavy atom. The highest BCUT2D eigenvalue weighted by Gasteiger charge is 2.28. The molecule has 0 fully saturated rings. The molecule has 1 aliphatic heterocycles. The zero-order valence-electron chi connectivity index (χ0n) is 16.5. The van der Waals surface area contributed by atoms with Crippen LogP contribution in [0.15, 0.2) is 30.6 Å². The van der Waals surface area contributed by atoms with Gasteiger partial charge in [0.25, 0.3) is 5.91 Å². The monoisotopic (exact) mass is 408 g/mol. The average Bonchev–Trinajstić information content (AvgIpc) is 2.86. The molecular formula is C20H20N6O4. The van der Waals surface area contributed by atoms with Gasteiger partial charge in [0.1, 0.15) is 30.9 Å². The van der Waals surface area contributed by atoms with Crippen molar-refractivity contribution in [1.29, 1.82) is 0 Å². The van der Waals surface area contributed by atoms with Gasteiger partial charge in [0.2, 0.25) is 5.88 Å². The van der Waals surface area contributed by atoms with Crippen LogP contribution in [0.4, 0.5) is 11.5 Å². The predicted molar refractivity (Wildman–Crippen MR) is 108 cm³/mol. The Kier molecular flexibility index (Phi) is 4.82. The van der Waals surface area contributed by atoms with Crippen molar-refractivity contribution in [2.75, 3.05) is 23.8 Å². The van der Waals surface area contributed by atoms with Crippen LogP contribution in [0.5, 0.6) is 5.88 Å². The number of carboxylic acid groups (broad SMARTS) is 1. The molecule has 10 nitrogen and oxygen atoms in total. The number of ether oxygens (including phenoxy) is 1. The zero-order chi connectivity index (χ0) is 21.4. The molecule has 0 radical (unpaired) electrons. The highest BCUT2D eigenvalue weighted by atomic mass is 16.5. The Labute approximate surface area is 171 Å². The Bertz CT molecular complexity index is 1140. The molecule has 3 aromatic rings. The lowest BCUT2D eigenvalue weighted by Gasteiger charge is -2.20. The maximum Gasteiger partial charge on any atom is 0.325 e. The highest BCUT2D eigenvalue weighted by molar-refractivity contribution is 6.10. The Hall–Kier alpha value is -3.95. The van der Waals surface area contributed by atoms with Crippen molar-refractivity contribution >= 4 is 23.4 Å². The predicted octanol–water partition coefficient (Wildman–Crippen LogP) is 1.66. The number of nitrogens with zero attached hydrogens (tertiary/aromatic N) is 5. The Morgan fingerprint density at radius 1 is 1.20 bits per heavy atom. The molecule has 4 rings (SSSR count). The van der Waals surface area contributed by atoms with E-state index in [-0.39, 0.29) is 36.3 Å². The maximum atomic E-state index is 13.0. The molecule has 3 N–H and O–H groups in total. The number of amides is 1. The first-order valence-corrected chi connectivity index (χ1v) is 9.28. The van der Waals surface area contributed by atoms with Crippen LogP contribution < -0.4 is 15.4 Å². The molecule has 154 valence electrons. The molecule has 1 aliphatic rings. The summed E-state index contributed by atoms with van der Waals surface area (Å²) in [6.07, 6.45) is 1.26. The minimum absolute atomic E-state index is 0.0746. The lowest BCUT2D eigenvalue weighted by molar-refractivity contribution is -0.137. The molecule has 0 saturated carbocycles. The lowest BCUT2D eigenvalue weighted by Crippen LogP contribution is -2.32. The van der Waals surface area contributed by atoms with Crippen molar-refractivity contribution in [2.24, 2.45) is 0 Å². The third kappa shape index (κ3) is 3.32. The number of hydrogen-bond acceptors (Lipinski definition) is 7. The topological polar surface area (TPSA) is 136 Å². The van der Waals surface area contributed by atoms with E-state index in [0.717, 1.165) is 22.5 Å².